The van der Waals surface area contributed by atoms with Crippen LogP contribution >= 0.6 is 23.2 Å². The zero-order chi connectivity index (χ0) is 13.2. The van der Waals surface area contributed by atoms with Crippen molar-refractivity contribution in [1.29, 1.82) is 0 Å². The summed E-state index contributed by atoms with van der Waals surface area (Å²) in [5.74, 6) is -0.945. The summed E-state index contributed by atoms with van der Waals surface area (Å²) in [4.78, 5) is 11.8. The molecule has 0 saturated carbocycles. The molecule has 0 heterocycles. The molecule has 0 saturated heterocycles. The first-order valence-electron chi connectivity index (χ1n) is 5.12. The number of alkyl halides is 1. The molecule has 0 fully saturated rings. The SMILES string of the molecule is CC(C)(C)NC(=O)C(Cl)c1ccc(Cl)c(F)c1. The third-order valence-electron chi connectivity index (χ3n) is 1.96. The second-order valence-electron chi connectivity index (χ2n) is 4.78. The van der Waals surface area contributed by atoms with Gasteiger partial charge < -0.3 is 5.32 Å². The molecule has 17 heavy (non-hydrogen) atoms. The minimum Gasteiger partial charge on any atom is -0.350 e. The van der Waals surface area contributed by atoms with Gasteiger partial charge in [-0.2, -0.15) is 0 Å². The highest BCUT2D eigenvalue weighted by molar-refractivity contribution is 6.32. The van der Waals surface area contributed by atoms with E-state index >= 15 is 0 Å². The maximum atomic E-state index is 13.2. The Morgan fingerprint density at radius 3 is 2.47 bits per heavy atom. The lowest BCUT2D eigenvalue weighted by Gasteiger charge is -2.22. The fourth-order valence-corrected chi connectivity index (χ4v) is 1.56. The van der Waals surface area contributed by atoms with Gasteiger partial charge in [-0.05, 0) is 38.5 Å². The van der Waals surface area contributed by atoms with Crippen molar-refractivity contribution in [2.75, 3.05) is 0 Å². The lowest BCUT2D eigenvalue weighted by molar-refractivity contribution is -0.122. The van der Waals surface area contributed by atoms with Crippen LogP contribution in [0.25, 0.3) is 0 Å². The number of nitrogens with one attached hydrogen (secondary N) is 1. The Labute approximate surface area is 110 Å². The van der Waals surface area contributed by atoms with E-state index in [0.717, 1.165) is 0 Å². The quantitative estimate of drug-likeness (QED) is 0.821. The van der Waals surface area contributed by atoms with E-state index in [1.807, 2.05) is 20.8 Å². The third-order valence-corrected chi connectivity index (χ3v) is 2.72. The predicted molar refractivity (Wildman–Crippen MR) is 67.9 cm³/mol. The highest BCUT2D eigenvalue weighted by Gasteiger charge is 2.22. The zero-order valence-corrected chi connectivity index (χ0v) is 11.4. The number of benzene rings is 1. The molecule has 0 radical (unpaired) electrons. The van der Waals surface area contributed by atoms with Gasteiger partial charge in [0.15, 0.2) is 0 Å². The Kier molecular flexibility index (Phi) is 4.39. The fourth-order valence-electron chi connectivity index (χ4n) is 1.25. The van der Waals surface area contributed by atoms with Crippen LogP contribution in [0.15, 0.2) is 18.2 Å². The summed E-state index contributed by atoms with van der Waals surface area (Å²) in [6, 6.07) is 4.08. The van der Waals surface area contributed by atoms with E-state index < -0.39 is 11.2 Å². The van der Waals surface area contributed by atoms with Crippen molar-refractivity contribution < 1.29 is 9.18 Å². The van der Waals surface area contributed by atoms with Gasteiger partial charge in [-0.3, -0.25) is 4.79 Å². The number of amides is 1. The van der Waals surface area contributed by atoms with Crippen molar-refractivity contribution in [2.45, 2.75) is 31.7 Å². The van der Waals surface area contributed by atoms with Crippen LogP contribution in [0.1, 0.15) is 31.7 Å². The average Bonchev–Trinajstić information content (AvgIpc) is 2.18. The Balaban J connectivity index is 2.85. The van der Waals surface area contributed by atoms with Crippen molar-refractivity contribution in [3.05, 3.63) is 34.6 Å². The Morgan fingerprint density at radius 1 is 1.41 bits per heavy atom. The minimum absolute atomic E-state index is 0.00819. The van der Waals surface area contributed by atoms with E-state index in [0.29, 0.717) is 5.56 Å². The topological polar surface area (TPSA) is 29.1 Å². The number of halogens is 3. The van der Waals surface area contributed by atoms with Crippen LogP contribution < -0.4 is 5.32 Å². The molecule has 1 rings (SSSR count). The van der Waals surface area contributed by atoms with Gasteiger partial charge in [0.2, 0.25) is 5.91 Å². The first kappa shape index (κ1) is 14.3. The molecule has 0 spiro atoms. The molecule has 0 aliphatic heterocycles. The van der Waals surface area contributed by atoms with E-state index in [-0.39, 0.29) is 16.5 Å². The van der Waals surface area contributed by atoms with Crippen LogP contribution in [-0.4, -0.2) is 11.4 Å². The average molecular weight is 278 g/mol. The molecular weight excluding hydrogens is 264 g/mol. The van der Waals surface area contributed by atoms with Crippen LogP contribution in [0.3, 0.4) is 0 Å². The summed E-state index contributed by atoms with van der Waals surface area (Å²) < 4.78 is 13.2. The first-order chi connectivity index (χ1) is 7.70. The van der Waals surface area contributed by atoms with Gasteiger partial charge in [0.25, 0.3) is 0 Å². The molecule has 0 bridgehead atoms. The highest BCUT2D eigenvalue weighted by Crippen LogP contribution is 2.25. The summed E-state index contributed by atoms with van der Waals surface area (Å²) in [6.07, 6.45) is 0. The lowest BCUT2D eigenvalue weighted by Crippen LogP contribution is -2.42. The molecule has 5 heteroatoms. The molecule has 94 valence electrons. The van der Waals surface area contributed by atoms with Crippen molar-refractivity contribution in [2.24, 2.45) is 0 Å². The molecule has 0 aliphatic rings. The highest BCUT2D eigenvalue weighted by atomic mass is 35.5. The first-order valence-corrected chi connectivity index (χ1v) is 5.93. The molecule has 1 aromatic rings. The lowest BCUT2D eigenvalue weighted by atomic mass is 10.1. The van der Waals surface area contributed by atoms with Crippen LogP contribution in [0, 0.1) is 5.82 Å². The summed E-state index contributed by atoms with van der Waals surface area (Å²) in [5.41, 5.74) is 0.00478. The molecule has 2 nitrogen and oxygen atoms in total. The number of hydrogen-bond acceptors (Lipinski definition) is 1. The minimum atomic E-state index is -0.930. The summed E-state index contributed by atoms with van der Waals surface area (Å²) in [7, 11) is 0. The molecule has 1 atom stereocenters. The van der Waals surface area contributed by atoms with Gasteiger partial charge in [-0.1, -0.05) is 17.7 Å². The molecule has 1 amide bonds. The van der Waals surface area contributed by atoms with Gasteiger partial charge in [-0.25, -0.2) is 4.39 Å². The van der Waals surface area contributed by atoms with Gasteiger partial charge in [0.05, 0.1) is 5.02 Å². The van der Waals surface area contributed by atoms with Crippen molar-refractivity contribution in [3.63, 3.8) is 0 Å². The van der Waals surface area contributed by atoms with Gasteiger partial charge in [0.1, 0.15) is 11.2 Å². The summed E-state index contributed by atoms with van der Waals surface area (Å²) in [6.45, 7) is 5.53. The molecule has 0 aromatic heterocycles. The van der Waals surface area contributed by atoms with Crippen LogP contribution in [0.2, 0.25) is 5.02 Å². The van der Waals surface area contributed by atoms with E-state index in [4.69, 9.17) is 23.2 Å². The number of carbonyl (C=O) groups is 1. The van der Waals surface area contributed by atoms with Gasteiger partial charge in [-0.15, -0.1) is 11.6 Å². The molecule has 1 unspecified atom stereocenters. The smallest absolute Gasteiger partial charge is 0.243 e. The second-order valence-corrected chi connectivity index (χ2v) is 5.62. The van der Waals surface area contributed by atoms with Crippen LogP contribution in [0.5, 0.6) is 0 Å². The second kappa shape index (κ2) is 5.23. The van der Waals surface area contributed by atoms with Crippen LogP contribution in [-0.2, 0) is 4.79 Å². The Morgan fingerprint density at radius 2 is 2.00 bits per heavy atom. The fraction of sp³-hybridized carbons (Fsp3) is 0.417. The number of rotatable bonds is 2. The Hall–Kier alpha value is -0.800. The van der Waals surface area contributed by atoms with Gasteiger partial charge >= 0.3 is 0 Å². The summed E-state index contributed by atoms with van der Waals surface area (Å²) in [5, 5.41) is 1.80. The predicted octanol–water partition coefficient (Wildman–Crippen LogP) is 3.67. The van der Waals surface area contributed by atoms with E-state index in [1.54, 1.807) is 0 Å². The van der Waals surface area contributed by atoms with E-state index in [9.17, 15) is 9.18 Å². The van der Waals surface area contributed by atoms with E-state index in [1.165, 1.54) is 18.2 Å². The molecule has 1 aromatic carbocycles. The van der Waals surface area contributed by atoms with Gasteiger partial charge in [0, 0.05) is 5.54 Å². The molecule has 1 N–H and O–H groups in total. The zero-order valence-electron chi connectivity index (χ0n) is 9.85. The monoisotopic (exact) mass is 277 g/mol. The number of hydrogen-bond donors (Lipinski definition) is 1. The normalized spacial score (nSPS) is 13.3. The standard InChI is InChI=1S/C12H14Cl2FNO/c1-12(2,3)16-11(17)10(14)7-4-5-8(13)9(15)6-7/h4-6,10H,1-3H3,(H,16,17). The number of carbonyl (C=O) groups excluding carboxylic acids is 1. The van der Waals surface area contributed by atoms with Crippen molar-refractivity contribution >= 4 is 29.1 Å². The van der Waals surface area contributed by atoms with Crippen molar-refractivity contribution in [3.8, 4) is 0 Å². The van der Waals surface area contributed by atoms with Crippen molar-refractivity contribution in [1.82, 2.24) is 5.32 Å². The summed E-state index contributed by atoms with van der Waals surface area (Å²) >= 11 is 11.5. The molecule has 0 aliphatic carbocycles. The Bertz CT molecular complexity index is 429. The van der Waals surface area contributed by atoms with E-state index in [2.05, 4.69) is 5.32 Å². The third kappa shape index (κ3) is 4.17. The largest absolute Gasteiger partial charge is 0.350 e. The maximum Gasteiger partial charge on any atom is 0.243 e. The van der Waals surface area contributed by atoms with Crippen LogP contribution in [0.4, 0.5) is 4.39 Å². The molecular formula is C12H14Cl2FNO. The maximum absolute atomic E-state index is 13.2.